The summed E-state index contributed by atoms with van der Waals surface area (Å²) in [4.78, 5) is 11.8. The lowest BCUT2D eigenvalue weighted by molar-refractivity contribution is 0.0939. The highest BCUT2D eigenvalue weighted by Crippen LogP contribution is 2.11. The van der Waals surface area contributed by atoms with E-state index in [0.29, 0.717) is 13.2 Å². The minimum Gasteiger partial charge on any atom is -0.376 e. The number of benzene rings is 2. The van der Waals surface area contributed by atoms with Crippen LogP contribution >= 0.6 is 0 Å². The third-order valence-electron chi connectivity index (χ3n) is 3.41. The number of ether oxygens (including phenoxy) is 1. The molecule has 0 aliphatic heterocycles. The van der Waals surface area contributed by atoms with Gasteiger partial charge >= 0.3 is 0 Å². The van der Waals surface area contributed by atoms with Gasteiger partial charge in [0, 0.05) is 11.5 Å². The van der Waals surface area contributed by atoms with E-state index in [0.717, 1.165) is 12.0 Å². The van der Waals surface area contributed by atoms with Crippen LogP contribution in [0.25, 0.3) is 0 Å². The third kappa shape index (κ3) is 6.79. The molecule has 0 saturated carbocycles. The first-order valence-electron chi connectivity index (χ1n) is 8.41. The second-order valence-corrected chi connectivity index (χ2v) is 5.50. The van der Waals surface area contributed by atoms with Gasteiger partial charge in [-0.3, -0.25) is 4.79 Å². The minimum absolute atomic E-state index is 0.0463. The maximum absolute atomic E-state index is 11.8. The largest absolute Gasteiger partial charge is 0.376 e. The summed E-state index contributed by atoms with van der Waals surface area (Å²) in [5.74, 6) is 0.243. The summed E-state index contributed by atoms with van der Waals surface area (Å²) in [6.07, 6.45) is 0.864. The van der Waals surface area contributed by atoms with E-state index in [9.17, 15) is 4.79 Å². The van der Waals surface area contributed by atoms with Crippen molar-refractivity contribution in [2.45, 2.75) is 40.7 Å². The predicted molar refractivity (Wildman–Crippen MR) is 96.8 cm³/mol. The van der Waals surface area contributed by atoms with Gasteiger partial charge in [0.15, 0.2) is 5.78 Å². The maximum Gasteiger partial charge on any atom is 0.165 e. The molecule has 0 atom stereocenters. The molecule has 2 nitrogen and oxygen atoms in total. The summed E-state index contributed by atoms with van der Waals surface area (Å²) in [6.45, 7) is 9.18. The van der Waals surface area contributed by atoms with Crippen LogP contribution in [0.15, 0.2) is 54.6 Å². The topological polar surface area (TPSA) is 26.3 Å². The van der Waals surface area contributed by atoms with E-state index < -0.39 is 0 Å². The fourth-order valence-corrected chi connectivity index (χ4v) is 2.12. The summed E-state index contributed by atoms with van der Waals surface area (Å²) >= 11 is 0. The molecule has 0 radical (unpaired) electrons. The average molecular weight is 312 g/mol. The van der Waals surface area contributed by atoms with Crippen LogP contribution in [-0.2, 0) is 17.8 Å². The van der Waals surface area contributed by atoms with Crippen molar-refractivity contribution in [3.8, 4) is 0 Å². The van der Waals surface area contributed by atoms with Crippen LogP contribution in [0.1, 0.15) is 49.2 Å². The molecule has 0 aromatic heterocycles. The molecule has 0 bridgehead atoms. The van der Waals surface area contributed by atoms with Crippen LogP contribution in [0.3, 0.4) is 0 Å². The Labute approximate surface area is 140 Å². The molecule has 0 amide bonds. The first-order valence-corrected chi connectivity index (χ1v) is 8.41. The van der Waals surface area contributed by atoms with Crippen molar-refractivity contribution in [1.29, 1.82) is 0 Å². The van der Waals surface area contributed by atoms with Gasteiger partial charge < -0.3 is 4.74 Å². The Morgan fingerprint density at radius 2 is 1.52 bits per heavy atom. The van der Waals surface area contributed by atoms with Crippen molar-refractivity contribution in [3.63, 3.8) is 0 Å². The van der Waals surface area contributed by atoms with E-state index in [-0.39, 0.29) is 11.7 Å². The van der Waals surface area contributed by atoms with E-state index >= 15 is 0 Å². The highest BCUT2D eigenvalue weighted by molar-refractivity contribution is 5.97. The van der Waals surface area contributed by atoms with Gasteiger partial charge in [0.05, 0.1) is 13.2 Å². The molecule has 0 saturated heterocycles. The zero-order valence-electron chi connectivity index (χ0n) is 14.7. The Bertz CT molecular complexity index is 556. The van der Waals surface area contributed by atoms with E-state index in [4.69, 9.17) is 4.74 Å². The lowest BCUT2D eigenvalue weighted by Crippen LogP contribution is -2.07. The Balaban J connectivity index is 0.00000127. The highest BCUT2D eigenvalue weighted by Gasteiger charge is 2.09. The quantitative estimate of drug-likeness (QED) is 0.511. The molecule has 124 valence electrons. The lowest BCUT2D eigenvalue weighted by Gasteiger charge is -2.07. The van der Waals surface area contributed by atoms with Gasteiger partial charge in [0.25, 0.3) is 0 Å². The van der Waals surface area contributed by atoms with E-state index in [1.807, 2.05) is 70.2 Å². The van der Waals surface area contributed by atoms with Gasteiger partial charge in [-0.2, -0.15) is 0 Å². The fourth-order valence-electron chi connectivity index (χ4n) is 2.12. The van der Waals surface area contributed by atoms with Crippen molar-refractivity contribution in [1.82, 2.24) is 0 Å². The van der Waals surface area contributed by atoms with Crippen LogP contribution < -0.4 is 0 Å². The van der Waals surface area contributed by atoms with E-state index in [2.05, 4.69) is 12.1 Å². The molecule has 0 N–H and O–H groups in total. The molecule has 0 aliphatic carbocycles. The summed E-state index contributed by atoms with van der Waals surface area (Å²) in [5, 5.41) is 0. The van der Waals surface area contributed by atoms with Gasteiger partial charge in [-0.15, -0.1) is 0 Å². The Hall–Kier alpha value is -1.93. The zero-order valence-corrected chi connectivity index (χ0v) is 14.7. The monoisotopic (exact) mass is 312 g/mol. The molecule has 0 aliphatic rings. The van der Waals surface area contributed by atoms with Gasteiger partial charge in [0.1, 0.15) is 0 Å². The normalized spacial score (nSPS) is 10.1. The van der Waals surface area contributed by atoms with Gasteiger partial charge in [-0.05, 0) is 17.5 Å². The van der Waals surface area contributed by atoms with Gasteiger partial charge in [-0.1, -0.05) is 82.3 Å². The van der Waals surface area contributed by atoms with Crippen molar-refractivity contribution < 1.29 is 9.53 Å². The molecule has 0 unspecified atom stereocenters. The molecule has 2 aromatic rings. The number of hydrogen-bond donors (Lipinski definition) is 0. The van der Waals surface area contributed by atoms with Crippen molar-refractivity contribution >= 4 is 5.78 Å². The summed E-state index contributed by atoms with van der Waals surface area (Å²) in [6, 6.07) is 18.0. The number of Topliss-reactive ketones (excluding diaryl/α,β-unsaturated/α-hetero) is 1. The average Bonchev–Trinajstić information content (AvgIpc) is 2.61. The maximum atomic E-state index is 11.8. The Morgan fingerprint density at radius 1 is 0.913 bits per heavy atom. The standard InChI is InChI=1S/C19H22O2.C2H6/c1-15(2)19(20)18-10-8-16(9-11-18)12-13-21-14-17-6-4-3-5-7-17;1-2/h3-11,15H,12-14H2,1-2H3;1-2H3. The molecule has 2 heteroatoms. The summed E-state index contributed by atoms with van der Waals surface area (Å²) < 4.78 is 5.67. The van der Waals surface area contributed by atoms with Crippen LogP contribution in [-0.4, -0.2) is 12.4 Å². The first-order chi connectivity index (χ1) is 11.2. The Morgan fingerprint density at radius 3 is 2.09 bits per heavy atom. The molecule has 2 rings (SSSR count). The van der Waals surface area contributed by atoms with E-state index in [1.165, 1.54) is 11.1 Å². The molecule has 0 spiro atoms. The molecule has 0 fully saturated rings. The number of ketones is 1. The van der Waals surface area contributed by atoms with Crippen molar-refractivity contribution in [2.24, 2.45) is 5.92 Å². The number of carbonyl (C=O) groups is 1. The molecule has 0 heterocycles. The van der Waals surface area contributed by atoms with Crippen LogP contribution in [0.5, 0.6) is 0 Å². The van der Waals surface area contributed by atoms with Gasteiger partial charge in [-0.25, -0.2) is 0 Å². The molecular weight excluding hydrogens is 284 g/mol. The predicted octanol–water partition coefficient (Wildman–Crippen LogP) is 5.31. The SMILES string of the molecule is CC.CC(C)C(=O)c1ccc(CCOCc2ccccc2)cc1. The van der Waals surface area contributed by atoms with Crippen molar-refractivity contribution in [3.05, 3.63) is 71.3 Å². The minimum atomic E-state index is 0.0463. The van der Waals surface area contributed by atoms with E-state index in [1.54, 1.807) is 0 Å². The summed E-state index contributed by atoms with van der Waals surface area (Å²) in [5.41, 5.74) is 3.18. The molecule has 2 aromatic carbocycles. The number of hydrogen-bond acceptors (Lipinski definition) is 2. The van der Waals surface area contributed by atoms with Crippen LogP contribution in [0.2, 0.25) is 0 Å². The van der Waals surface area contributed by atoms with Gasteiger partial charge in [0.2, 0.25) is 0 Å². The first kappa shape index (κ1) is 19.1. The smallest absolute Gasteiger partial charge is 0.165 e. The summed E-state index contributed by atoms with van der Waals surface area (Å²) in [7, 11) is 0. The molecular formula is C21H28O2. The Kier molecular flexibility index (Phi) is 8.93. The number of carbonyl (C=O) groups excluding carboxylic acids is 1. The molecule has 23 heavy (non-hydrogen) atoms. The van der Waals surface area contributed by atoms with Crippen LogP contribution in [0, 0.1) is 5.92 Å². The lowest BCUT2D eigenvalue weighted by atomic mass is 9.99. The number of rotatable bonds is 7. The van der Waals surface area contributed by atoms with Crippen LogP contribution in [0.4, 0.5) is 0 Å². The third-order valence-corrected chi connectivity index (χ3v) is 3.41. The second kappa shape index (κ2) is 10.7. The fraction of sp³-hybridized carbons (Fsp3) is 0.381. The zero-order chi connectivity index (χ0) is 17.1. The second-order valence-electron chi connectivity index (χ2n) is 5.50. The van der Waals surface area contributed by atoms with Crippen molar-refractivity contribution in [2.75, 3.05) is 6.61 Å². The highest BCUT2D eigenvalue weighted by atomic mass is 16.5.